The molecule has 0 aliphatic rings. The Bertz CT molecular complexity index is 3560. The topological polar surface area (TPSA) is 193 Å². The van der Waals surface area contributed by atoms with Crippen molar-refractivity contribution in [2.75, 3.05) is 69.5 Å². The second kappa shape index (κ2) is 26.1. The highest BCUT2D eigenvalue weighted by Gasteiger charge is 2.23. The molecule has 0 atom stereocenters. The van der Waals surface area contributed by atoms with E-state index < -0.39 is 51.7 Å². The van der Waals surface area contributed by atoms with Crippen LogP contribution in [0.3, 0.4) is 0 Å². The summed E-state index contributed by atoms with van der Waals surface area (Å²) in [6, 6.07) is 22.2. The van der Waals surface area contributed by atoms with Gasteiger partial charge in [0, 0.05) is 59.2 Å². The van der Waals surface area contributed by atoms with E-state index in [0.29, 0.717) is 58.5 Å². The van der Waals surface area contributed by atoms with Crippen LogP contribution in [-0.2, 0) is 0 Å². The van der Waals surface area contributed by atoms with Gasteiger partial charge in [-0.3, -0.25) is 23.5 Å². The molecule has 0 saturated heterocycles. The highest BCUT2D eigenvalue weighted by molar-refractivity contribution is 5.99. The van der Waals surface area contributed by atoms with E-state index in [0.717, 1.165) is 96.6 Å². The molecule has 0 bridgehead atoms. The third-order valence-corrected chi connectivity index (χ3v) is 13.3. The Balaban J connectivity index is 0.000000226. The maximum Gasteiger partial charge on any atom is 0.335 e. The smallest absolute Gasteiger partial charge is 0.335 e. The van der Waals surface area contributed by atoms with Crippen molar-refractivity contribution < 1.29 is 32.3 Å². The first-order valence-corrected chi connectivity index (χ1v) is 26.0. The number of aromatic carboxylic acids is 1. The molecular weight excluding hydrogens is 1010 g/mol. The lowest BCUT2D eigenvalue weighted by atomic mass is 9.99. The van der Waals surface area contributed by atoms with Crippen molar-refractivity contribution in [3.63, 3.8) is 0 Å². The SMILES string of the molecule is CCN(CC)CCCNc1nc(-c2cc(C(=O)O)ccc2C)c2ccc(=O)n(-c3c(F)cccc3F)c2n1.CCNC(=O)c1ccc(C)c(-c2nc(NCCCN(CC)CC)nc3c2ccc(=O)n3-c2c(F)cccc2F)c1. The number of para-hydroxylation sites is 2. The highest BCUT2D eigenvalue weighted by atomic mass is 19.1. The van der Waals surface area contributed by atoms with E-state index in [1.807, 2.05) is 19.9 Å². The number of pyridine rings is 2. The van der Waals surface area contributed by atoms with Crippen molar-refractivity contribution in [3.05, 3.63) is 163 Å². The highest BCUT2D eigenvalue weighted by Crippen LogP contribution is 2.34. The summed E-state index contributed by atoms with van der Waals surface area (Å²) in [5, 5.41) is 19.5. The van der Waals surface area contributed by atoms with Crippen LogP contribution in [0.4, 0.5) is 29.5 Å². The lowest BCUT2D eigenvalue weighted by molar-refractivity contribution is 0.0696. The molecule has 20 heteroatoms. The number of carboxylic acid groups (broad SMARTS) is 1. The van der Waals surface area contributed by atoms with Gasteiger partial charge in [0.1, 0.15) is 34.6 Å². The summed E-state index contributed by atoms with van der Waals surface area (Å²) in [5.41, 5.74) is 1.66. The predicted octanol–water partition coefficient (Wildman–Crippen LogP) is 9.80. The van der Waals surface area contributed by atoms with Gasteiger partial charge in [0.15, 0.2) is 11.3 Å². The minimum atomic E-state index is -1.11. The number of carboxylic acids is 1. The number of carbonyl (C=O) groups is 2. The second-order valence-corrected chi connectivity index (χ2v) is 18.3. The fourth-order valence-electron chi connectivity index (χ4n) is 9.01. The Morgan fingerprint density at radius 1 is 0.551 bits per heavy atom. The monoisotopic (exact) mass is 1070 g/mol. The third kappa shape index (κ3) is 12.9. The van der Waals surface area contributed by atoms with Crippen LogP contribution < -0.4 is 27.1 Å². The lowest BCUT2D eigenvalue weighted by Crippen LogP contribution is -2.25. The maximum absolute atomic E-state index is 14.9. The molecule has 16 nitrogen and oxygen atoms in total. The number of carbonyl (C=O) groups excluding carboxylic acids is 1. The summed E-state index contributed by atoms with van der Waals surface area (Å²) in [6.07, 6.45) is 1.60. The van der Waals surface area contributed by atoms with E-state index in [9.17, 15) is 41.8 Å². The molecular formula is C58H63F4N11O5. The number of fused-ring (bicyclic) bond motifs is 2. The van der Waals surface area contributed by atoms with Crippen LogP contribution in [0.1, 0.15) is 79.3 Å². The minimum Gasteiger partial charge on any atom is -0.478 e. The number of rotatable bonds is 21. The number of aromatic nitrogens is 6. The Morgan fingerprint density at radius 2 is 0.949 bits per heavy atom. The number of nitrogens with zero attached hydrogens (tertiary/aromatic N) is 8. The van der Waals surface area contributed by atoms with Gasteiger partial charge in [-0.2, -0.15) is 9.97 Å². The van der Waals surface area contributed by atoms with Crippen LogP contribution in [0.15, 0.2) is 107 Å². The van der Waals surface area contributed by atoms with Crippen molar-refractivity contribution in [2.45, 2.75) is 61.3 Å². The van der Waals surface area contributed by atoms with Gasteiger partial charge in [0.05, 0.1) is 17.0 Å². The number of nitrogens with one attached hydrogen (secondary N) is 3. The van der Waals surface area contributed by atoms with E-state index in [4.69, 9.17) is 4.98 Å². The van der Waals surface area contributed by atoms with E-state index in [1.165, 1.54) is 42.5 Å². The Kier molecular flexibility index (Phi) is 19.2. The molecule has 8 aromatic rings. The molecule has 4 N–H and O–H groups in total. The van der Waals surface area contributed by atoms with Gasteiger partial charge in [-0.1, -0.05) is 52.0 Å². The second-order valence-electron chi connectivity index (χ2n) is 18.3. The zero-order valence-corrected chi connectivity index (χ0v) is 44.7. The number of hydrogen-bond acceptors (Lipinski definition) is 12. The Labute approximate surface area is 448 Å². The van der Waals surface area contributed by atoms with Crippen molar-refractivity contribution in [1.82, 2.24) is 44.2 Å². The maximum atomic E-state index is 14.9. The van der Waals surface area contributed by atoms with Crippen molar-refractivity contribution >= 4 is 45.8 Å². The largest absolute Gasteiger partial charge is 0.478 e. The molecule has 4 aromatic carbocycles. The molecule has 0 spiro atoms. The number of hydrogen-bond donors (Lipinski definition) is 4. The van der Waals surface area contributed by atoms with Gasteiger partial charge in [0.2, 0.25) is 11.9 Å². The third-order valence-electron chi connectivity index (χ3n) is 13.3. The van der Waals surface area contributed by atoms with Gasteiger partial charge in [-0.05, 0) is 145 Å². The summed E-state index contributed by atoms with van der Waals surface area (Å²) in [7, 11) is 0. The van der Waals surface area contributed by atoms with E-state index in [2.05, 4.69) is 68.4 Å². The summed E-state index contributed by atoms with van der Waals surface area (Å²) in [6.45, 7) is 20.9. The molecule has 4 aromatic heterocycles. The molecule has 1 amide bonds. The first kappa shape index (κ1) is 57.3. The number of anilines is 2. The first-order chi connectivity index (χ1) is 37.5. The van der Waals surface area contributed by atoms with Crippen LogP contribution in [0.25, 0.3) is 56.0 Å². The quantitative estimate of drug-likeness (QED) is 0.0393. The Morgan fingerprint density at radius 3 is 1.33 bits per heavy atom. The molecule has 78 heavy (non-hydrogen) atoms. The molecule has 0 aliphatic heterocycles. The average molecular weight is 1070 g/mol. The minimum absolute atomic E-state index is 0.00197. The van der Waals surface area contributed by atoms with Gasteiger partial charge >= 0.3 is 5.97 Å². The van der Waals surface area contributed by atoms with Gasteiger partial charge < -0.3 is 30.9 Å². The molecule has 0 radical (unpaired) electrons. The molecule has 8 rings (SSSR count). The van der Waals surface area contributed by atoms with Crippen LogP contribution in [-0.4, -0.2) is 115 Å². The van der Waals surface area contributed by atoms with Crippen LogP contribution in [0.5, 0.6) is 0 Å². The average Bonchev–Trinajstić information content (AvgIpc) is 3.60. The Hall–Kier alpha value is -8.36. The molecule has 0 unspecified atom stereocenters. The zero-order valence-electron chi connectivity index (χ0n) is 44.7. The van der Waals surface area contributed by atoms with Crippen LogP contribution >= 0.6 is 0 Å². The lowest BCUT2D eigenvalue weighted by Gasteiger charge is -2.18. The standard InChI is InChI=1S/C30H34F2N6O2.C28H29F2N5O3/c1-5-33-29(40)20-13-12-19(4)22(18-20)26-21-14-15-25(39)38(27-23(31)10-8-11-24(27)32)28(21)36-30(35-26)34-16-9-17-37(6-2)7-3;1-4-34(5-2)15-7-14-31-28-32-24(20-16-18(27(37)38)11-10-17(20)3)19-12-13-23(36)35(26(19)33-28)25-21(29)8-6-9-22(25)30/h8,10-15,18H,5-7,9,16-17H2,1-4H3,(H,33,40)(H,34,35,36);6,8-13,16H,4-5,7,14-15H2,1-3H3,(H,37,38)(H,31,32,33). The molecule has 408 valence electrons. The molecule has 4 heterocycles. The van der Waals surface area contributed by atoms with Crippen LogP contribution in [0, 0.1) is 37.1 Å². The van der Waals surface area contributed by atoms with Gasteiger partial charge in [-0.25, -0.2) is 32.3 Å². The fraction of sp³-hybridized carbons (Fsp3) is 0.310. The molecule has 0 aliphatic carbocycles. The first-order valence-electron chi connectivity index (χ1n) is 26.0. The van der Waals surface area contributed by atoms with Gasteiger partial charge in [0.25, 0.3) is 17.0 Å². The summed E-state index contributed by atoms with van der Waals surface area (Å²) < 4.78 is 61.4. The predicted molar refractivity (Wildman–Crippen MR) is 297 cm³/mol. The van der Waals surface area contributed by atoms with Crippen molar-refractivity contribution in [3.8, 4) is 33.9 Å². The fourth-order valence-corrected chi connectivity index (χ4v) is 9.01. The zero-order chi connectivity index (χ0) is 56.2. The van der Waals surface area contributed by atoms with Crippen molar-refractivity contribution in [1.29, 1.82) is 0 Å². The van der Waals surface area contributed by atoms with E-state index in [1.54, 1.807) is 31.2 Å². The molecule has 0 fully saturated rings. The van der Waals surface area contributed by atoms with E-state index >= 15 is 0 Å². The van der Waals surface area contributed by atoms with Crippen LogP contribution in [0.2, 0.25) is 0 Å². The number of benzene rings is 4. The number of halogens is 4. The summed E-state index contributed by atoms with van der Waals surface area (Å²) in [5.74, 6) is -4.60. The van der Waals surface area contributed by atoms with Gasteiger partial charge in [-0.15, -0.1) is 0 Å². The summed E-state index contributed by atoms with van der Waals surface area (Å²) >= 11 is 0. The van der Waals surface area contributed by atoms with E-state index in [-0.39, 0.29) is 34.7 Å². The number of amides is 1. The molecule has 0 saturated carbocycles. The summed E-state index contributed by atoms with van der Waals surface area (Å²) in [4.78, 5) is 73.4. The number of aryl methyl sites for hydroxylation is 2. The van der Waals surface area contributed by atoms with Crippen molar-refractivity contribution in [2.24, 2.45) is 0 Å². The normalized spacial score (nSPS) is 11.3.